The normalized spacial score (nSPS) is 11.9. The van der Waals surface area contributed by atoms with Crippen LogP contribution in [0.4, 0.5) is 0 Å². The number of para-hydroxylation sites is 4. The molecular weight excluding hydrogens is 619 g/mol. The molecule has 0 amide bonds. The van der Waals surface area contributed by atoms with Gasteiger partial charge in [-0.1, -0.05) is 127 Å². The van der Waals surface area contributed by atoms with Gasteiger partial charge in [0.2, 0.25) is 0 Å². The van der Waals surface area contributed by atoms with Crippen molar-refractivity contribution in [1.29, 1.82) is 0 Å². The molecule has 0 saturated carbocycles. The Labute approximate surface area is 294 Å². The molecule has 0 aliphatic rings. The van der Waals surface area contributed by atoms with Gasteiger partial charge >= 0.3 is 0 Å². The van der Waals surface area contributed by atoms with Gasteiger partial charge in [-0.3, -0.25) is 0 Å². The van der Waals surface area contributed by atoms with Gasteiger partial charge in [0.05, 0.1) is 33.1 Å². The predicted molar refractivity (Wildman–Crippen MR) is 215 cm³/mol. The second-order valence-corrected chi connectivity index (χ2v) is 13.4. The van der Waals surface area contributed by atoms with E-state index in [1.807, 2.05) is 0 Å². The Kier molecular flexibility index (Phi) is 5.96. The van der Waals surface area contributed by atoms with Crippen LogP contribution >= 0.6 is 0 Å². The van der Waals surface area contributed by atoms with Crippen molar-refractivity contribution >= 4 is 65.4 Å². The van der Waals surface area contributed by atoms with Crippen molar-refractivity contribution in [2.45, 2.75) is 0 Å². The molecule has 3 aromatic heterocycles. The lowest BCUT2D eigenvalue weighted by atomic mass is 10.0. The van der Waals surface area contributed by atoms with Crippen LogP contribution in [0.1, 0.15) is 0 Å². The van der Waals surface area contributed by atoms with E-state index >= 15 is 0 Å². The highest BCUT2D eigenvalue weighted by Crippen LogP contribution is 2.39. The van der Waals surface area contributed by atoms with E-state index in [-0.39, 0.29) is 0 Å². The SMILES string of the molecule is c1ccc(-c2ccc3c4ccccc4n(-c4cccc(-n5c6ccccc6c6ccc(-n7c8ccccc8c8ccccc87)cc65)c4)c3c2)cc1. The zero-order valence-electron chi connectivity index (χ0n) is 27.7. The Morgan fingerprint density at radius 2 is 0.608 bits per heavy atom. The third kappa shape index (κ3) is 4.12. The van der Waals surface area contributed by atoms with Crippen LogP contribution in [0.15, 0.2) is 188 Å². The lowest BCUT2D eigenvalue weighted by Crippen LogP contribution is -1.99. The molecule has 0 unspecified atom stereocenters. The first-order valence-electron chi connectivity index (χ1n) is 17.5. The van der Waals surface area contributed by atoms with Crippen LogP contribution in [-0.2, 0) is 0 Å². The fourth-order valence-electron chi connectivity index (χ4n) is 8.41. The number of aromatic nitrogens is 3. The molecule has 51 heavy (non-hydrogen) atoms. The van der Waals surface area contributed by atoms with E-state index in [0.29, 0.717) is 0 Å². The minimum Gasteiger partial charge on any atom is -0.309 e. The molecule has 3 heterocycles. The van der Waals surface area contributed by atoms with Crippen LogP contribution < -0.4 is 0 Å². The van der Waals surface area contributed by atoms with Crippen LogP contribution in [0, 0.1) is 0 Å². The highest BCUT2D eigenvalue weighted by atomic mass is 15.0. The number of fused-ring (bicyclic) bond motifs is 9. The summed E-state index contributed by atoms with van der Waals surface area (Å²) >= 11 is 0. The Morgan fingerprint density at radius 3 is 1.14 bits per heavy atom. The zero-order valence-corrected chi connectivity index (χ0v) is 27.7. The fourth-order valence-corrected chi connectivity index (χ4v) is 8.41. The monoisotopic (exact) mass is 649 g/mol. The molecule has 238 valence electrons. The van der Waals surface area contributed by atoms with Gasteiger partial charge in [-0.15, -0.1) is 0 Å². The summed E-state index contributed by atoms with van der Waals surface area (Å²) in [4.78, 5) is 0. The zero-order chi connectivity index (χ0) is 33.5. The highest BCUT2D eigenvalue weighted by molar-refractivity contribution is 6.13. The number of hydrogen-bond acceptors (Lipinski definition) is 0. The Hall–Kier alpha value is -6.84. The molecule has 0 fully saturated rings. The van der Waals surface area contributed by atoms with E-state index in [1.165, 1.54) is 76.5 Å². The van der Waals surface area contributed by atoms with Crippen molar-refractivity contribution in [2.24, 2.45) is 0 Å². The van der Waals surface area contributed by atoms with E-state index in [2.05, 4.69) is 202 Å². The van der Waals surface area contributed by atoms with Crippen LogP contribution in [-0.4, -0.2) is 13.7 Å². The molecule has 0 bridgehead atoms. The number of hydrogen-bond donors (Lipinski definition) is 0. The molecule has 0 atom stereocenters. The van der Waals surface area contributed by atoms with Gasteiger partial charge in [0, 0.05) is 49.4 Å². The maximum atomic E-state index is 2.44. The van der Waals surface area contributed by atoms with E-state index < -0.39 is 0 Å². The Morgan fingerprint density at radius 1 is 0.216 bits per heavy atom. The van der Waals surface area contributed by atoms with Crippen molar-refractivity contribution in [3.63, 3.8) is 0 Å². The Bertz CT molecular complexity index is 3080. The third-order valence-electron chi connectivity index (χ3n) is 10.6. The molecule has 0 aliphatic carbocycles. The summed E-state index contributed by atoms with van der Waals surface area (Å²) in [5.41, 5.74) is 13.0. The summed E-state index contributed by atoms with van der Waals surface area (Å²) in [6, 6.07) is 68.5. The number of nitrogens with zero attached hydrogens (tertiary/aromatic N) is 3. The molecule has 11 aromatic rings. The highest BCUT2D eigenvalue weighted by Gasteiger charge is 2.18. The molecule has 0 radical (unpaired) electrons. The summed E-state index contributed by atoms with van der Waals surface area (Å²) in [5, 5.41) is 7.53. The van der Waals surface area contributed by atoms with E-state index in [9.17, 15) is 0 Å². The van der Waals surface area contributed by atoms with Crippen molar-refractivity contribution in [3.05, 3.63) is 188 Å². The molecule has 3 nitrogen and oxygen atoms in total. The van der Waals surface area contributed by atoms with Gasteiger partial charge in [-0.2, -0.15) is 0 Å². The molecule has 0 spiro atoms. The van der Waals surface area contributed by atoms with Crippen LogP contribution in [0.2, 0.25) is 0 Å². The summed E-state index contributed by atoms with van der Waals surface area (Å²) in [6.07, 6.45) is 0. The molecule has 3 heteroatoms. The molecule has 0 N–H and O–H groups in total. The van der Waals surface area contributed by atoms with Crippen LogP contribution in [0.3, 0.4) is 0 Å². The molecule has 0 saturated heterocycles. The number of rotatable bonds is 4. The first-order valence-corrected chi connectivity index (χ1v) is 17.5. The van der Waals surface area contributed by atoms with Gasteiger partial charge in [0.15, 0.2) is 0 Å². The van der Waals surface area contributed by atoms with Gasteiger partial charge in [-0.25, -0.2) is 0 Å². The van der Waals surface area contributed by atoms with Crippen molar-refractivity contribution in [2.75, 3.05) is 0 Å². The maximum absolute atomic E-state index is 2.44. The van der Waals surface area contributed by atoms with Crippen molar-refractivity contribution in [3.8, 4) is 28.2 Å². The smallest absolute Gasteiger partial charge is 0.0561 e. The standard InChI is InChI=1S/C48H31N3/c1-2-13-32(14-3-1)33-25-27-41-39-19-6-10-23-45(39)50(47(41)29-33)34-15-12-16-35(30-34)51-46-24-11-7-20-40(46)42-28-26-36(31-48(42)51)49-43-21-8-4-17-37(43)38-18-5-9-22-44(38)49/h1-31H. The van der Waals surface area contributed by atoms with Gasteiger partial charge < -0.3 is 13.7 Å². The molecule has 0 aliphatic heterocycles. The maximum Gasteiger partial charge on any atom is 0.0561 e. The van der Waals surface area contributed by atoms with E-state index in [4.69, 9.17) is 0 Å². The summed E-state index contributed by atoms with van der Waals surface area (Å²) in [6.45, 7) is 0. The Balaban J connectivity index is 1.16. The quantitative estimate of drug-likeness (QED) is 0.180. The minimum atomic E-state index is 1.13. The lowest BCUT2D eigenvalue weighted by Gasteiger charge is -2.14. The predicted octanol–water partition coefficient (Wildman–Crippen LogP) is 12.6. The summed E-state index contributed by atoms with van der Waals surface area (Å²) in [5.74, 6) is 0. The molecular formula is C48H31N3. The van der Waals surface area contributed by atoms with Gasteiger partial charge in [0.1, 0.15) is 0 Å². The topological polar surface area (TPSA) is 14.8 Å². The van der Waals surface area contributed by atoms with E-state index in [1.54, 1.807) is 0 Å². The van der Waals surface area contributed by atoms with Crippen molar-refractivity contribution in [1.82, 2.24) is 13.7 Å². The van der Waals surface area contributed by atoms with Crippen LogP contribution in [0.25, 0.3) is 93.6 Å². The summed E-state index contributed by atoms with van der Waals surface area (Å²) < 4.78 is 7.28. The first-order chi connectivity index (χ1) is 25.3. The van der Waals surface area contributed by atoms with Gasteiger partial charge in [0.25, 0.3) is 0 Å². The summed E-state index contributed by atoms with van der Waals surface area (Å²) in [7, 11) is 0. The second-order valence-electron chi connectivity index (χ2n) is 13.4. The lowest BCUT2D eigenvalue weighted by molar-refractivity contribution is 1.13. The fraction of sp³-hybridized carbons (Fsp3) is 0. The number of benzene rings is 8. The largest absolute Gasteiger partial charge is 0.309 e. The molecule has 8 aromatic carbocycles. The third-order valence-corrected chi connectivity index (χ3v) is 10.6. The van der Waals surface area contributed by atoms with Crippen LogP contribution in [0.5, 0.6) is 0 Å². The van der Waals surface area contributed by atoms with Crippen molar-refractivity contribution < 1.29 is 0 Å². The first kappa shape index (κ1) is 28.0. The molecule has 11 rings (SSSR count). The minimum absolute atomic E-state index is 1.13. The second kappa shape index (κ2) is 10.8. The average molecular weight is 650 g/mol. The van der Waals surface area contributed by atoms with Gasteiger partial charge in [-0.05, 0) is 71.8 Å². The average Bonchev–Trinajstić information content (AvgIpc) is 3.83. The van der Waals surface area contributed by atoms with E-state index in [0.717, 1.165) is 17.1 Å².